The molecule has 0 aliphatic heterocycles. The average Bonchev–Trinajstić information content (AvgIpc) is 2.68. The van der Waals surface area contributed by atoms with E-state index in [0.29, 0.717) is 0 Å². The molecule has 27 heavy (non-hydrogen) atoms. The molecular weight excluding hydrogens is 348 g/mol. The molecule has 2 heteroatoms. The fourth-order valence-corrected chi connectivity index (χ4v) is 4.50. The fraction of sp³-hybridized carbons (Fsp3) is 0.560. The number of thiocarbonyl (C=S) groups is 1. The summed E-state index contributed by atoms with van der Waals surface area (Å²) in [5.74, 6) is 0.875. The number of fused-ring (bicyclic) bond motifs is 1. The van der Waals surface area contributed by atoms with Gasteiger partial charge in [-0.15, -0.1) is 0 Å². The lowest BCUT2D eigenvalue weighted by atomic mass is 9.88. The highest BCUT2D eigenvalue weighted by atomic mass is 32.1. The lowest BCUT2D eigenvalue weighted by molar-refractivity contribution is 0.383. The highest BCUT2D eigenvalue weighted by molar-refractivity contribution is 7.80. The minimum atomic E-state index is -0.0300. The second-order valence-corrected chi connectivity index (χ2v) is 8.31. The van der Waals surface area contributed by atoms with Gasteiger partial charge in [-0.05, 0) is 40.9 Å². The number of unbranched alkanes of at least 4 members (excludes halogenated alkanes) is 3. The number of hydrogen-bond acceptors (Lipinski definition) is 1. The third-order valence-corrected chi connectivity index (χ3v) is 6.05. The van der Waals surface area contributed by atoms with Gasteiger partial charge in [0.25, 0.3) is 0 Å². The molecule has 0 aliphatic carbocycles. The largest absolute Gasteiger partial charge is 0.502 e. The molecule has 2 aromatic rings. The Labute approximate surface area is 171 Å². The van der Waals surface area contributed by atoms with E-state index < -0.39 is 0 Å². The third-order valence-electron chi connectivity index (χ3n) is 5.76. The Hall–Kier alpha value is -1.41. The van der Waals surface area contributed by atoms with Crippen molar-refractivity contribution < 1.29 is 5.11 Å². The Kier molecular flexibility index (Phi) is 9.83. The summed E-state index contributed by atoms with van der Waals surface area (Å²) in [6, 6.07) is 14.7. The van der Waals surface area contributed by atoms with Gasteiger partial charge in [-0.25, -0.2) is 0 Å². The quantitative estimate of drug-likeness (QED) is 0.276. The van der Waals surface area contributed by atoms with Crippen LogP contribution in [0.3, 0.4) is 0 Å². The van der Waals surface area contributed by atoms with Gasteiger partial charge in [-0.2, -0.15) is 0 Å². The second-order valence-electron chi connectivity index (χ2n) is 7.89. The predicted molar refractivity (Wildman–Crippen MR) is 123 cm³/mol. The molecule has 2 rings (SSSR count). The zero-order chi connectivity index (χ0) is 19.5. The van der Waals surface area contributed by atoms with E-state index in [1.54, 1.807) is 0 Å². The number of benzene rings is 2. The normalized spacial score (nSPS) is 13.6. The summed E-state index contributed by atoms with van der Waals surface area (Å²) in [5, 5.41) is 12.7. The summed E-state index contributed by atoms with van der Waals surface area (Å²) in [5.41, 5.74) is 1.17. The molecular formula is C25H36OS. The maximum Gasteiger partial charge on any atom is 0.164 e. The molecule has 2 unspecified atom stereocenters. The van der Waals surface area contributed by atoms with Gasteiger partial charge in [-0.3, -0.25) is 0 Å². The van der Waals surface area contributed by atoms with E-state index in [1.807, 2.05) is 0 Å². The van der Waals surface area contributed by atoms with Crippen molar-refractivity contribution in [1.29, 1.82) is 0 Å². The molecule has 2 atom stereocenters. The van der Waals surface area contributed by atoms with Crippen molar-refractivity contribution in [2.45, 2.75) is 84.0 Å². The molecule has 0 fully saturated rings. The van der Waals surface area contributed by atoms with E-state index >= 15 is 0 Å². The maximum atomic E-state index is 10.2. The van der Waals surface area contributed by atoms with Crippen molar-refractivity contribution in [3.8, 4) is 0 Å². The van der Waals surface area contributed by atoms with E-state index in [2.05, 4.69) is 56.3 Å². The second kappa shape index (κ2) is 12.1. The molecule has 0 bridgehead atoms. The van der Waals surface area contributed by atoms with Crippen LogP contribution in [0.1, 0.15) is 89.5 Å². The first-order chi connectivity index (χ1) is 13.2. The number of hydrogen-bond donors (Lipinski definition) is 1. The Morgan fingerprint density at radius 2 is 1.52 bits per heavy atom. The van der Waals surface area contributed by atoms with Gasteiger partial charge < -0.3 is 5.11 Å². The Morgan fingerprint density at radius 1 is 0.815 bits per heavy atom. The first-order valence-electron chi connectivity index (χ1n) is 10.9. The van der Waals surface area contributed by atoms with Crippen molar-refractivity contribution in [2.75, 3.05) is 0 Å². The third kappa shape index (κ3) is 6.92. The van der Waals surface area contributed by atoms with Crippen LogP contribution in [0.25, 0.3) is 10.8 Å². The molecule has 1 nitrogen and oxygen atoms in total. The van der Waals surface area contributed by atoms with Crippen molar-refractivity contribution in [2.24, 2.45) is 5.92 Å². The summed E-state index contributed by atoms with van der Waals surface area (Å²) < 4.78 is 0. The topological polar surface area (TPSA) is 20.2 Å². The van der Waals surface area contributed by atoms with Gasteiger partial charge in [0.15, 0.2) is 5.05 Å². The zero-order valence-corrected chi connectivity index (χ0v) is 17.9. The van der Waals surface area contributed by atoms with Crippen LogP contribution in [0.15, 0.2) is 42.5 Å². The van der Waals surface area contributed by atoms with E-state index in [-0.39, 0.29) is 11.0 Å². The minimum Gasteiger partial charge on any atom is -0.502 e. The summed E-state index contributed by atoms with van der Waals surface area (Å²) in [4.78, 5) is 0. The van der Waals surface area contributed by atoms with Gasteiger partial charge in [0, 0.05) is 0 Å². The molecule has 0 radical (unpaired) electrons. The van der Waals surface area contributed by atoms with Crippen LogP contribution in [0.4, 0.5) is 0 Å². The molecule has 0 aliphatic rings. The smallest absolute Gasteiger partial charge is 0.164 e. The minimum absolute atomic E-state index is 0.0300. The Morgan fingerprint density at radius 3 is 2.26 bits per heavy atom. The highest BCUT2D eigenvalue weighted by Gasteiger charge is 2.18. The molecule has 0 saturated carbocycles. The van der Waals surface area contributed by atoms with Crippen LogP contribution in [0.2, 0.25) is 0 Å². The molecule has 1 N–H and O–H groups in total. The summed E-state index contributed by atoms with van der Waals surface area (Å²) in [6.07, 6.45) is 12.7. The van der Waals surface area contributed by atoms with Gasteiger partial charge >= 0.3 is 0 Å². The number of aliphatic hydroxyl groups excluding tert-OH is 1. The lowest BCUT2D eigenvalue weighted by Crippen LogP contribution is -2.10. The molecule has 0 saturated heterocycles. The molecule has 2 aromatic carbocycles. The zero-order valence-electron chi connectivity index (χ0n) is 17.1. The first kappa shape index (κ1) is 21.9. The van der Waals surface area contributed by atoms with Crippen LogP contribution < -0.4 is 0 Å². The SMILES string of the molecule is CCCCC(CCC)CCCCCC(C(O)=S)c1cccc2ccccc12. The summed E-state index contributed by atoms with van der Waals surface area (Å²) in [6.45, 7) is 4.59. The molecule has 0 amide bonds. The Bertz CT molecular complexity index is 688. The van der Waals surface area contributed by atoms with Crippen molar-refractivity contribution >= 4 is 28.0 Å². The van der Waals surface area contributed by atoms with Crippen molar-refractivity contribution in [1.82, 2.24) is 0 Å². The van der Waals surface area contributed by atoms with Crippen LogP contribution in [-0.4, -0.2) is 10.2 Å². The van der Waals surface area contributed by atoms with E-state index in [4.69, 9.17) is 12.2 Å². The standard InChI is InChI=1S/C25H36OS/c1-3-5-13-20(12-4-2)14-7-6-8-18-24(25(26)27)23-19-11-16-21-15-9-10-17-22(21)23/h9-11,15-17,19-20,24H,3-8,12-14,18H2,1-2H3,(H,26,27). The van der Waals surface area contributed by atoms with E-state index in [9.17, 15) is 5.11 Å². The lowest BCUT2D eigenvalue weighted by Gasteiger charge is -2.18. The molecule has 148 valence electrons. The van der Waals surface area contributed by atoms with Crippen LogP contribution in [0, 0.1) is 5.92 Å². The van der Waals surface area contributed by atoms with Crippen LogP contribution in [-0.2, 0) is 0 Å². The van der Waals surface area contributed by atoms with E-state index in [0.717, 1.165) is 18.8 Å². The van der Waals surface area contributed by atoms with Crippen molar-refractivity contribution in [3.63, 3.8) is 0 Å². The summed E-state index contributed by atoms with van der Waals surface area (Å²) >= 11 is 5.22. The fourth-order valence-electron chi connectivity index (χ4n) is 4.26. The van der Waals surface area contributed by atoms with Crippen molar-refractivity contribution in [3.05, 3.63) is 48.0 Å². The molecule has 0 aromatic heterocycles. The van der Waals surface area contributed by atoms with Gasteiger partial charge in [0.1, 0.15) is 0 Å². The molecule has 0 spiro atoms. The average molecular weight is 385 g/mol. The van der Waals surface area contributed by atoms with Gasteiger partial charge in [-0.1, -0.05) is 114 Å². The number of rotatable bonds is 13. The number of aliphatic hydroxyl groups is 1. The summed E-state index contributed by atoms with van der Waals surface area (Å²) in [7, 11) is 0. The highest BCUT2D eigenvalue weighted by Crippen LogP contribution is 2.31. The van der Waals surface area contributed by atoms with Gasteiger partial charge in [0.2, 0.25) is 0 Å². The Balaban J connectivity index is 1.89. The first-order valence-corrected chi connectivity index (χ1v) is 11.3. The van der Waals surface area contributed by atoms with Gasteiger partial charge in [0.05, 0.1) is 5.92 Å². The monoisotopic (exact) mass is 384 g/mol. The predicted octanol–water partition coefficient (Wildman–Crippen LogP) is 8.37. The molecule has 0 heterocycles. The maximum absolute atomic E-state index is 10.2. The van der Waals surface area contributed by atoms with Crippen LogP contribution in [0.5, 0.6) is 0 Å². The van der Waals surface area contributed by atoms with Crippen LogP contribution >= 0.6 is 12.2 Å². The van der Waals surface area contributed by atoms with E-state index in [1.165, 1.54) is 67.7 Å².